The van der Waals surface area contributed by atoms with Gasteiger partial charge in [0.15, 0.2) is 0 Å². The summed E-state index contributed by atoms with van der Waals surface area (Å²) < 4.78 is 29.0. The number of rotatable bonds is 11. The first-order valence-corrected chi connectivity index (χ1v) is 15.2. The molecule has 0 aromatic heterocycles. The Kier molecular flexibility index (Phi) is 10.6. The van der Waals surface area contributed by atoms with Crippen molar-refractivity contribution in [2.75, 3.05) is 10.8 Å². The molecule has 0 unspecified atom stereocenters. The lowest BCUT2D eigenvalue weighted by molar-refractivity contribution is -0.139. The minimum atomic E-state index is -4.18. The number of anilines is 1. The number of aryl methyl sites for hydroxylation is 2. The van der Waals surface area contributed by atoms with Crippen LogP contribution >= 0.6 is 23.2 Å². The van der Waals surface area contributed by atoms with Crippen molar-refractivity contribution in [2.24, 2.45) is 0 Å². The van der Waals surface area contributed by atoms with Crippen LogP contribution < -0.4 is 9.62 Å². The Balaban J connectivity index is 2.06. The highest BCUT2D eigenvalue weighted by Gasteiger charge is 2.33. The van der Waals surface area contributed by atoms with E-state index in [0.717, 1.165) is 21.9 Å². The van der Waals surface area contributed by atoms with Crippen LogP contribution in [-0.2, 0) is 26.2 Å². The zero-order valence-electron chi connectivity index (χ0n) is 23.3. The van der Waals surface area contributed by atoms with Gasteiger partial charge in [0.25, 0.3) is 10.0 Å². The average Bonchev–Trinajstić information content (AvgIpc) is 2.92. The van der Waals surface area contributed by atoms with Gasteiger partial charge in [-0.25, -0.2) is 8.42 Å². The van der Waals surface area contributed by atoms with E-state index in [0.29, 0.717) is 15.6 Å². The van der Waals surface area contributed by atoms with Gasteiger partial charge in [-0.2, -0.15) is 0 Å². The van der Waals surface area contributed by atoms with Gasteiger partial charge in [-0.1, -0.05) is 66.0 Å². The number of sulfonamides is 1. The van der Waals surface area contributed by atoms with Crippen molar-refractivity contribution in [3.8, 4) is 0 Å². The molecular formula is C30H35Cl2N3O4S. The summed E-state index contributed by atoms with van der Waals surface area (Å²) in [6.07, 6.45) is 0.722. The van der Waals surface area contributed by atoms with Gasteiger partial charge in [-0.3, -0.25) is 13.9 Å². The third-order valence-corrected chi connectivity index (χ3v) is 9.02. The molecule has 0 spiro atoms. The fourth-order valence-corrected chi connectivity index (χ4v) is 5.80. The summed E-state index contributed by atoms with van der Waals surface area (Å²) in [6.45, 7) is 8.63. The zero-order chi connectivity index (χ0) is 29.6. The topological polar surface area (TPSA) is 86.8 Å². The second-order valence-corrected chi connectivity index (χ2v) is 12.6. The first kappa shape index (κ1) is 31.5. The quantitative estimate of drug-likeness (QED) is 0.285. The van der Waals surface area contributed by atoms with E-state index in [9.17, 15) is 18.0 Å². The number of hydrogen-bond acceptors (Lipinski definition) is 4. The molecule has 3 rings (SSSR count). The standard InChI is InChI=1S/C30H35Cl2N3O4S/c1-6-22(4)33-30(37)23(5)34(18-24-10-13-25(31)14-11-24)29(36)19-35(28-17-26(32)12-9-21(28)3)40(38,39)27-15-7-20(2)8-16-27/h7-17,22-23H,6,18-19H2,1-5H3,(H,33,37)/t22-,23+/m1/s1. The Hall–Kier alpha value is -3.07. The summed E-state index contributed by atoms with van der Waals surface area (Å²) in [4.78, 5) is 28.6. The van der Waals surface area contributed by atoms with E-state index >= 15 is 0 Å². The predicted octanol–water partition coefficient (Wildman–Crippen LogP) is 6.14. The van der Waals surface area contributed by atoms with Crippen molar-refractivity contribution in [2.45, 2.75) is 64.6 Å². The molecule has 0 radical (unpaired) electrons. The Bertz CT molecular complexity index is 1440. The van der Waals surface area contributed by atoms with Crippen LogP contribution in [0, 0.1) is 13.8 Å². The zero-order valence-corrected chi connectivity index (χ0v) is 25.6. The molecule has 0 saturated carbocycles. The molecule has 40 heavy (non-hydrogen) atoms. The van der Waals surface area contributed by atoms with Crippen molar-refractivity contribution in [1.82, 2.24) is 10.2 Å². The Morgan fingerprint density at radius 3 is 2.10 bits per heavy atom. The van der Waals surface area contributed by atoms with Gasteiger partial charge in [-0.05, 0) is 81.6 Å². The van der Waals surface area contributed by atoms with E-state index in [-0.39, 0.29) is 29.1 Å². The van der Waals surface area contributed by atoms with E-state index in [4.69, 9.17) is 23.2 Å². The van der Waals surface area contributed by atoms with E-state index in [1.54, 1.807) is 62.4 Å². The Morgan fingerprint density at radius 1 is 0.900 bits per heavy atom. The normalized spacial score (nSPS) is 12.9. The summed E-state index contributed by atoms with van der Waals surface area (Å²) in [5.74, 6) is -0.875. The number of nitrogens with one attached hydrogen (secondary N) is 1. The molecule has 2 atom stereocenters. The molecular weight excluding hydrogens is 569 g/mol. The number of benzene rings is 3. The smallest absolute Gasteiger partial charge is 0.264 e. The van der Waals surface area contributed by atoms with Gasteiger partial charge < -0.3 is 10.2 Å². The monoisotopic (exact) mass is 603 g/mol. The molecule has 214 valence electrons. The fourth-order valence-electron chi connectivity index (χ4n) is 4.04. The number of carbonyl (C=O) groups excluding carboxylic acids is 2. The Morgan fingerprint density at radius 2 is 1.50 bits per heavy atom. The first-order valence-electron chi connectivity index (χ1n) is 13.0. The van der Waals surface area contributed by atoms with Crippen molar-refractivity contribution in [1.29, 1.82) is 0 Å². The van der Waals surface area contributed by atoms with E-state index in [1.165, 1.54) is 23.1 Å². The fraction of sp³-hybridized carbons (Fsp3) is 0.333. The lowest BCUT2D eigenvalue weighted by Gasteiger charge is -2.33. The SMILES string of the molecule is CC[C@@H](C)NC(=O)[C@H](C)N(Cc1ccc(Cl)cc1)C(=O)CN(c1cc(Cl)ccc1C)S(=O)(=O)c1ccc(C)cc1. The van der Waals surface area contributed by atoms with E-state index in [1.807, 2.05) is 20.8 Å². The average molecular weight is 605 g/mol. The molecule has 3 aromatic carbocycles. The molecule has 7 nitrogen and oxygen atoms in total. The molecule has 2 amide bonds. The van der Waals surface area contributed by atoms with Crippen LogP contribution in [0.3, 0.4) is 0 Å². The third kappa shape index (κ3) is 7.77. The largest absolute Gasteiger partial charge is 0.352 e. The van der Waals surface area contributed by atoms with Gasteiger partial charge in [0.1, 0.15) is 12.6 Å². The minimum Gasteiger partial charge on any atom is -0.352 e. The van der Waals surface area contributed by atoms with Gasteiger partial charge in [0, 0.05) is 22.6 Å². The minimum absolute atomic E-state index is 0.0390. The maximum absolute atomic E-state index is 14.0. The Labute approximate surface area is 247 Å². The molecule has 10 heteroatoms. The van der Waals surface area contributed by atoms with Gasteiger partial charge >= 0.3 is 0 Å². The van der Waals surface area contributed by atoms with Gasteiger partial charge in [0.05, 0.1) is 10.6 Å². The molecule has 0 saturated heterocycles. The highest BCUT2D eigenvalue weighted by molar-refractivity contribution is 7.92. The summed E-state index contributed by atoms with van der Waals surface area (Å²) in [5.41, 5.74) is 2.55. The van der Waals surface area contributed by atoms with Crippen molar-refractivity contribution >= 4 is 50.7 Å². The van der Waals surface area contributed by atoms with E-state index < -0.39 is 28.5 Å². The van der Waals surface area contributed by atoms with Gasteiger partial charge in [0.2, 0.25) is 11.8 Å². The summed E-state index contributed by atoms with van der Waals surface area (Å²) in [5, 5.41) is 3.79. The summed E-state index contributed by atoms with van der Waals surface area (Å²) in [7, 11) is -4.18. The highest BCUT2D eigenvalue weighted by atomic mass is 35.5. The van der Waals surface area contributed by atoms with Crippen LogP contribution in [0.2, 0.25) is 10.0 Å². The highest BCUT2D eigenvalue weighted by Crippen LogP contribution is 2.30. The van der Waals surface area contributed by atoms with Crippen LogP contribution in [0.25, 0.3) is 0 Å². The van der Waals surface area contributed by atoms with Crippen molar-refractivity contribution < 1.29 is 18.0 Å². The predicted molar refractivity (Wildman–Crippen MR) is 161 cm³/mol. The molecule has 0 heterocycles. The second kappa shape index (κ2) is 13.5. The maximum Gasteiger partial charge on any atom is 0.264 e. The van der Waals surface area contributed by atoms with E-state index in [2.05, 4.69) is 5.32 Å². The molecule has 0 aliphatic rings. The number of carbonyl (C=O) groups is 2. The molecule has 0 fully saturated rings. The lowest BCUT2D eigenvalue weighted by atomic mass is 10.1. The summed E-state index contributed by atoms with van der Waals surface area (Å²) >= 11 is 12.3. The number of hydrogen-bond donors (Lipinski definition) is 1. The van der Waals surface area contributed by atoms with Crippen LogP contribution in [0.5, 0.6) is 0 Å². The second-order valence-electron chi connectivity index (χ2n) is 9.90. The molecule has 3 aromatic rings. The van der Waals surface area contributed by atoms with Gasteiger partial charge in [-0.15, -0.1) is 0 Å². The van der Waals surface area contributed by atoms with Crippen LogP contribution in [0.1, 0.15) is 43.9 Å². The first-order chi connectivity index (χ1) is 18.8. The maximum atomic E-state index is 14.0. The van der Waals surface area contributed by atoms with Crippen LogP contribution in [0.15, 0.2) is 71.6 Å². The van der Waals surface area contributed by atoms with Crippen molar-refractivity contribution in [3.63, 3.8) is 0 Å². The number of halogens is 2. The molecule has 1 N–H and O–H groups in total. The molecule has 0 aliphatic carbocycles. The number of amides is 2. The number of nitrogens with zero attached hydrogens (tertiary/aromatic N) is 2. The van der Waals surface area contributed by atoms with Crippen LogP contribution in [-0.4, -0.2) is 43.8 Å². The van der Waals surface area contributed by atoms with Crippen molar-refractivity contribution in [3.05, 3.63) is 93.5 Å². The molecule has 0 aliphatic heterocycles. The molecule has 0 bridgehead atoms. The lowest BCUT2D eigenvalue weighted by Crippen LogP contribution is -2.52. The third-order valence-electron chi connectivity index (χ3n) is 6.76. The summed E-state index contributed by atoms with van der Waals surface area (Å²) in [6, 6.07) is 17.3. The van der Waals surface area contributed by atoms with Crippen LogP contribution in [0.4, 0.5) is 5.69 Å².